The zero-order valence-corrected chi connectivity index (χ0v) is 13.9. The summed E-state index contributed by atoms with van der Waals surface area (Å²) in [6, 6.07) is 8.34. The Morgan fingerprint density at radius 3 is 2.60 bits per heavy atom. The first-order chi connectivity index (χ1) is 11.9. The summed E-state index contributed by atoms with van der Waals surface area (Å²) in [4.78, 5) is 39.0. The molecule has 0 aliphatic heterocycles. The number of carbonyl (C=O) groups excluding carboxylic acids is 3. The summed E-state index contributed by atoms with van der Waals surface area (Å²) in [5.74, 6) is -1.78. The molecular weight excluding hydrogens is 322 g/mol. The lowest BCUT2D eigenvalue weighted by atomic mass is 10.1. The number of nitrogens with two attached hydrogens (primary N) is 1. The van der Waals surface area contributed by atoms with E-state index in [1.807, 2.05) is 35.6 Å². The lowest BCUT2D eigenvalue weighted by Crippen LogP contribution is -2.45. The number of aromatic nitrogens is 1. The van der Waals surface area contributed by atoms with E-state index in [9.17, 15) is 14.4 Å². The van der Waals surface area contributed by atoms with E-state index in [0.29, 0.717) is 0 Å². The summed E-state index contributed by atoms with van der Waals surface area (Å²) in [5.41, 5.74) is 6.42. The van der Waals surface area contributed by atoms with Gasteiger partial charge in [-0.15, -0.1) is 0 Å². The van der Waals surface area contributed by atoms with E-state index < -0.39 is 24.0 Å². The number of pyridine rings is 1. The van der Waals surface area contributed by atoms with Crippen LogP contribution in [0, 0.1) is 5.92 Å². The monoisotopic (exact) mass is 341 g/mol. The van der Waals surface area contributed by atoms with Crippen molar-refractivity contribution >= 4 is 34.9 Å². The third kappa shape index (κ3) is 4.87. The van der Waals surface area contributed by atoms with Crippen LogP contribution in [0.3, 0.4) is 0 Å². The van der Waals surface area contributed by atoms with E-state index in [-0.39, 0.29) is 5.92 Å². The normalized spacial score (nSPS) is 12.3. The van der Waals surface area contributed by atoms with E-state index in [4.69, 9.17) is 10.5 Å². The molecule has 2 aromatic rings. The summed E-state index contributed by atoms with van der Waals surface area (Å²) in [5, 5.41) is 2.86. The summed E-state index contributed by atoms with van der Waals surface area (Å²) < 4.78 is 5.14. The number of imide groups is 1. The zero-order valence-electron chi connectivity index (χ0n) is 13.9. The molecule has 7 nitrogen and oxygen atoms in total. The van der Waals surface area contributed by atoms with Crippen molar-refractivity contribution in [2.75, 3.05) is 0 Å². The number of carbonyl (C=O) groups is 3. The third-order valence-corrected chi connectivity index (χ3v) is 3.42. The molecule has 0 saturated heterocycles. The van der Waals surface area contributed by atoms with Crippen LogP contribution in [-0.2, 0) is 14.3 Å². The molecule has 3 amide bonds. The van der Waals surface area contributed by atoms with Crippen molar-refractivity contribution in [3.63, 3.8) is 0 Å². The number of hydrogen-bond acceptors (Lipinski definition) is 5. The SMILES string of the molecule is CC(C)C(OC(=O)/C=C/c1cccc2cccnc12)C(=O)NC(N)=O. The van der Waals surface area contributed by atoms with Gasteiger partial charge in [0.25, 0.3) is 5.91 Å². The first-order valence-electron chi connectivity index (χ1n) is 7.71. The quantitative estimate of drug-likeness (QED) is 0.638. The van der Waals surface area contributed by atoms with Crippen molar-refractivity contribution in [3.8, 4) is 0 Å². The number of primary amides is 1. The molecule has 1 aromatic heterocycles. The lowest BCUT2D eigenvalue weighted by Gasteiger charge is -2.18. The largest absolute Gasteiger partial charge is 0.449 e. The van der Waals surface area contributed by atoms with Gasteiger partial charge >= 0.3 is 12.0 Å². The molecule has 0 bridgehead atoms. The van der Waals surface area contributed by atoms with Crippen LogP contribution in [0.15, 0.2) is 42.6 Å². The second-order valence-electron chi connectivity index (χ2n) is 5.71. The molecule has 0 aliphatic carbocycles. The van der Waals surface area contributed by atoms with Crippen LogP contribution in [-0.4, -0.2) is 29.0 Å². The minimum atomic E-state index is -1.12. The van der Waals surface area contributed by atoms with Crippen LogP contribution in [0.1, 0.15) is 19.4 Å². The number of hydrogen-bond donors (Lipinski definition) is 2. The number of nitrogens with one attached hydrogen (secondary N) is 1. The molecule has 0 radical (unpaired) electrons. The topological polar surface area (TPSA) is 111 Å². The smallest absolute Gasteiger partial charge is 0.331 e. The van der Waals surface area contributed by atoms with E-state index in [2.05, 4.69) is 4.98 Å². The van der Waals surface area contributed by atoms with Crippen molar-refractivity contribution < 1.29 is 19.1 Å². The second kappa shape index (κ2) is 8.05. The van der Waals surface area contributed by atoms with Crippen LogP contribution in [0.2, 0.25) is 0 Å². The molecule has 130 valence electrons. The van der Waals surface area contributed by atoms with Crippen LogP contribution < -0.4 is 11.1 Å². The zero-order chi connectivity index (χ0) is 18.4. The van der Waals surface area contributed by atoms with Gasteiger partial charge in [-0.05, 0) is 18.1 Å². The molecule has 25 heavy (non-hydrogen) atoms. The highest BCUT2D eigenvalue weighted by Gasteiger charge is 2.26. The molecule has 0 aliphatic rings. The molecule has 7 heteroatoms. The first kappa shape index (κ1) is 18.1. The molecule has 0 spiro atoms. The Bertz CT molecular complexity index is 825. The number of urea groups is 1. The Hall–Kier alpha value is -3.22. The molecule has 0 saturated carbocycles. The van der Waals surface area contributed by atoms with Crippen LogP contribution in [0.4, 0.5) is 4.79 Å². The maximum atomic E-state index is 12.0. The number of ether oxygens (including phenoxy) is 1. The molecular formula is C18H19N3O4. The Kier molecular flexibility index (Phi) is 5.84. The highest BCUT2D eigenvalue weighted by Crippen LogP contribution is 2.17. The van der Waals surface area contributed by atoms with Gasteiger partial charge in [-0.2, -0.15) is 0 Å². The van der Waals surface area contributed by atoms with Crippen molar-refractivity contribution in [2.45, 2.75) is 20.0 Å². The number of rotatable bonds is 5. The van der Waals surface area contributed by atoms with Gasteiger partial charge in [0.1, 0.15) is 0 Å². The van der Waals surface area contributed by atoms with Crippen molar-refractivity contribution in [3.05, 3.63) is 48.2 Å². The predicted octanol–water partition coefficient (Wildman–Crippen LogP) is 2.01. The fourth-order valence-electron chi connectivity index (χ4n) is 2.27. The average molecular weight is 341 g/mol. The number of amides is 3. The molecule has 1 aromatic carbocycles. The van der Waals surface area contributed by atoms with Crippen LogP contribution in [0.25, 0.3) is 17.0 Å². The highest BCUT2D eigenvalue weighted by atomic mass is 16.5. The Balaban J connectivity index is 2.13. The van der Waals surface area contributed by atoms with E-state index in [1.165, 1.54) is 6.08 Å². The van der Waals surface area contributed by atoms with Gasteiger partial charge < -0.3 is 10.5 Å². The molecule has 0 fully saturated rings. The molecule has 1 unspecified atom stereocenters. The van der Waals surface area contributed by atoms with E-state index >= 15 is 0 Å². The standard InChI is InChI=1S/C18H19N3O4/c1-11(2)16(17(23)21-18(19)24)25-14(22)9-8-13-6-3-5-12-7-4-10-20-15(12)13/h3-11,16H,1-2H3,(H3,19,21,23,24)/b9-8+. The Morgan fingerprint density at radius 1 is 1.20 bits per heavy atom. The number of esters is 1. The summed E-state index contributed by atoms with van der Waals surface area (Å²) in [7, 11) is 0. The molecule has 1 atom stereocenters. The molecule has 2 rings (SSSR count). The number of benzene rings is 1. The van der Waals surface area contributed by atoms with E-state index in [1.54, 1.807) is 26.1 Å². The summed E-state index contributed by atoms with van der Waals surface area (Å²) >= 11 is 0. The van der Waals surface area contributed by atoms with Gasteiger partial charge in [-0.1, -0.05) is 38.1 Å². The Morgan fingerprint density at radius 2 is 1.92 bits per heavy atom. The summed E-state index contributed by atoms with van der Waals surface area (Å²) in [6.07, 6.45) is 3.34. The van der Waals surface area contributed by atoms with Crippen molar-refractivity contribution in [1.82, 2.24) is 10.3 Å². The van der Waals surface area contributed by atoms with Crippen molar-refractivity contribution in [2.24, 2.45) is 11.7 Å². The number of fused-ring (bicyclic) bond motifs is 1. The second-order valence-corrected chi connectivity index (χ2v) is 5.71. The minimum absolute atomic E-state index is 0.323. The van der Waals surface area contributed by atoms with Crippen molar-refractivity contribution in [1.29, 1.82) is 0 Å². The molecule has 1 heterocycles. The molecule has 3 N–H and O–H groups in total. The number of nitrogens with zero attached hydrogens (tertiary/aromatic N) is 1. The van der Waals surface area contributed by atoms with Crippen LogP contribution in [0.5, 0.6) is 0 Å². The predicted molar refractivity (Wildman–Crippen MR) is 93.2 cm³/mol. The van der Waals surface area contributed by atoms with E-state index in [0.717, 1.165) is 16.5 Å². The minimum Gasteiger partial charge on any atom is -0.449 e. The fraction of sp³-hybridized carbons (Fsp3) is 0.222. The number of para-hydroxylation sites is 1. The average Bonchev–Trinajstić information content (AvgIpc) is 2.56. The summed E-state index contributed by atoms with van der Waals surface area (Å²) in [6.45, 7) is 3.38. The highest BCUT2D eigenvalue weighted by molar-refractivity contribution is 5.98. The van der Waals surface area contributed by atoms with Gasteiger partial charge in [0.05, 0.1) is 5.52 Å². The maximum absolute atomic E-state index is 12.0. The Labute approximate surface area is 144 Å². The third-order valence-electron chi connectivity index (χ3n) is 3.42. The van der Waals surface area contributed by atoms with Gasteiger partial charge in [0.2, 0.25) is 0 Å². The lowest BCUT2D eigenvalue weighted by molar-refractivity contribution is -0.153. The first-order valence-corrected chi connectivity index (χ1v) is 7.71. The van der Waals surface area contributed by atoms with Crippen LogP contribution >= 0.6 is 0 Å². The van der Waals surface area contributed by atoms with Gasteiger partial charge in [-0.25, -0.2) is 9.59 Å². The van der Waals surface area contributed by atoms with Gasteiger partial charge in [-0.3, -0.25) is 15.1 Å². The van der Waals surface area contributed by atoms with Gasteiger partial charge in [0, 0.05) is 23.2 Å². The fourth-order valence-corrected chi connectivity index (χ4v) is 2.27. The maximum Gasteiger partial charge on any atom is 0.331 e. The van der Waals surface area contributed by atoms with Gasteiger partial charge in [0.15, 0.2) is 6.10 Å².